The van der Waals surface area contributed by atoms with E-state index in [0.29, 0.717) is 10.7 Å². The van der Waals surface area contributed by atoms with Crippen LogP contribution in [0.25, 0.3) is 0 Å². The van der Waals surface area contributed by atoms with E-state index in [4.69, 9.17) is 11.6 Å². The molecule has 2 rings (SSSR count). The lowest BCUT2D eigenvalue weighted by atomic mass is 10.3. The number of rotatable bonds is 4. The molecule has 0 aliphatic rings. The van der Waals surface area contributed by atoms with E-state index in [2.05, 4.69) is 5.32 Å². The van der Waals surface area contributed by atoms with E-state index in [-0.39, 0.29) is 10.6 Å². The molecule has 3 nitrogen and oxygen atoms in total. The summed E-state index contributed by atoms with van der Waals surface area (Å²) in [5.41, 5.74) is 0.435. The second-order valence-corrected chi connectivity index (χ2v) is 5.78. The lowest BCUT2D eigenvalue weighted by Crippen LogP contribution is -2.20. The number of hydrogen-bond acceptors (Lipinski definition) is 2. The first-order valence-corrected chi connectivity index (χ1v) is 7.45. The Hall–Kier alpha value is -1.72. The van der Waals surface area contributed by atoms with Crippen molar-refractivity contribution in [2.75, 3.05) is 11.1 Å². The fourth-order valence-corrected chi connectivity index (χ4v) is 2.74. The zero-order valence-corrected chi connectivity index (χ0v) is 11.9. The number of anilines is 1. The van der Waals surface area contributed by atoms with Crippen LogP contribution in [0.4, 0.5) is 10.1 Å². The van der Waals surface area contributed by atoms with E-state index in [1.807, 2.05) is 0 Å². The molecule has 1 atom stereocenters. The predicted octanol–water partition coefficient (Wildman–Crippen LogP) is 3.23. The molecule has 6 heteroatoms. The first kappa shape index (κ1) is 14.7. The van der Waals surface area contributed by atoms with Gasteiger partial charge in [0.05, 0.1) is 26.4 Å². The first-order valence-electron chi connectivity index (χ1n) is 5.75. The zero-order chi connectivity index (χ0) is 14.5. The van der Waals surface area contributed by atoms with Crippen molar-refractivity contribution in [2.45, 2.75) is 4.90 Å². The van der Waals surface area contributed by atoms with Crippen LogP contribution in [-0.2, 0) is 15.6 Å². The van der Waals surface area contributed by atoms with Crippen molar-refractivity contribution in [3.63, 3.8) is 0 Å². The van der Waals surface area contributed by atoms with E-state index in [9.17, 15) is 13.4 Å². The first-order chi connectivity index (χ1) is 9.58. The minimum atomic E-state index is -1.74. The molecule has 0 saturated carbocycles. The molecule has 20 heavy (non-hydrogen) atoms. The molecule has 0 saturated heterocycles. The third kappa shape index (κ3) is 3.65. The molecule has 0 aromatic heterocycles. The van der Waals surface area contributed by atoms with E-state index in [1.165, 1.54) is 18.2 Å². The Bertz CT molecular complexity index is 663. The van der Waals surface area contributed by atoms with Crippen LogP contribution < -0.4 is 5.32 Å². The molecular formula is C14H11ClFNO2S. The maximum Gasteiger partial charge on any atom is 0.237 e. The van der Waals surface area contributed by atoms with Crippen molar-refractivity contribution >= 4 is 34.0 Å². The monoisotopic (exact) mass is 311 g/mol. The maximum absolute atomic E-state index is 13.4. The van der Waals surface area contributed by atoms with E-state index in [0.717, 1.165) is 0 Å². The number of amides is 1. The van der Waals surface area contributed by atoms with Crippen molar-refractivity contribution in [2.24, 2.45) is 0 Å². The Morgan fingerprint density at radius 2 is 1.80 bits per heavy atom. The highest BCUT2D eigenvalue weighted by Gasteiger charge is 2.14. The standard InChI is InChI=1S/C14H11ClFNO2S/c15-10-5-1-3-7-12(10)17-14(18)9-20(19)13-8-4-2-6-11(13)16/h1-8H,9H2,(H,17,18). The summed E-state index contributed by atoms with van der Waals surface area (Å²) in [6.45, 7) is 0. The second-order valence-electron chi connectivity index (χ2n) is 3.95. The van der Waals surface area contributed by atoms with E-state index < -0.39 is 22.5 Å². The van der Waals surface area contributed by atoms with Gasteiger partial charge in [0.25, 0.3) is 0 Å². The van der Waals surface area contributed by atoms with Gasteiger partial charge in [-0.3, -0.25) is 9.00 Å². The Labute approximate surface area is 123 Å². The van der Waals surface area contributed by atoms with Crippen LogP contribution >= 0.6 is 11.6 Å². The normalized spacial score (nSPS) is 11.9. The van der Waals surface area contributed by atoms with Gasteiger partial charge in [0.2, 0.25) is 5.91 Å². The molecule has 2 aromatic rings. The van der Waals surface area contributed by atoms with Gasteiger partial charge >= 0.3 is 0 Å². The minimum absolute atomic E-state index is 0.0156. The molecule has 1 unspecified atom stereocenters. The Balaban J connectivity index is 2.04. The number of nitrogens with one attached hydrogen (secondary N) is 1. The quantitative estimate of drug-likeness (QED) is 0.942. The van der Waals surface area contributed by atoms with E-state index in [1.54, 1.807) is 30.3 Å². The van der Waals surface area contributed by atoms with Crippen LogP contribution in [-0.4, -0.2) is 15.9 Å². The van der Waals surface area contributed by atoms with Crippen LogP contribution in [0.2, 0.25) is 5.02 Å². The third-order valence-electron chi connectivity index (χ3n) is 2.49. The predicted molar refractivity (Wildman–Crippen MR) is 77.8 cm³/mol. The number of carbonyl (C=O) groups is 1. The minimum Gasteiger partial charge on any atom is -0.324 e. The molecule has 0 bridgehead atoms. The summed E-state index contributed by atoms with van der Waals surface area (Å²) in [5, 5.41) is 2.93. The molecule has 0 heterocycles. The van der Waals surface area contributed by atoms with Crippen molar-refractivity contribution in [1.82, 2.24) is 0 Å². The SMILES string of the molecule is O=C(CS(=O)c1ccccc1F)Nc1ccccc1Cl. The average Bonchev–Trinajstić information content (AvgIpc) is 2.41. The van der Waals surface area contributed by atoms with Crippen LogP contribution in [0, 0.1) is 5.82 Å². The zero-order valence-electron chi connectivity index (χ0n) is 10.3. The Morgan fingerprint density at radius 1 is 1.15 bits per heavy atom. The van der Waals surface area contributed by atoms with Crippen LogP contribution in [0.15, 0.2) is 53.4 Å². The number of hydrogen-bond donors (Lipinski definition) is 1. The Morgan fingerprint density at radius 3 is 2.50 bits per heavy atom. The molecule has 0 aliphatic heterocycles. The second kappa shape index (κ2) is 6.63. The van der Waals surface area contributed by atoms with Gasteiger partial charge in [0.15, 0.2) is 0 Å². The van der Waals surface area contributed by atoms with Gasteiger partial charge in [-0.2, -0.15) is 0 Å². The molecule has 1 amide bonds. The van der Waals surface area contributed by atoms with Crippen molar-refractivity contribution in [1.29, 1.82) is 0 Å². The summed E-state index contributed by atoms with van der Waals surface area (Å²) in [5.74, 6) is -1.40. The van der Waals surface area contributed by atoms with Crippen molar-refractivity contribution in [3.8, 4) is 0 Å². The van der Waals surface area contributed by atoms with Gasteiger partial charge in [-0.1, -0.05) is 35.9 Å². The number of para-hydroxylation sites is 1. The highest BCUT2D eigenvalue weighted by molar-refractivity contribution is 7.85. The van der Waals surface area contributed by atoms with Gasteiger partial charge in [-0.05, 0) is 24.3 Å². The lowest BCUT2D eigenvalue weighted by Gasteiger charge is -2.07. The molecule has 0 spiro atoms. The molecule has 0 fully saturated rings. The van der Waals surface area contributed by atoms with Crippen LogP contribution in [0.3, 0.4) is 0 Å². The summed E-state index contributed by atoms with van der Waals surface area (Å²) in [7, 11) is -1.74. The summed E-state index contributed by atoms with van der Waals surface area (Å²) in [4.78, 5) is 11.8. The van der Waals surface area contributed by atoms with Gasteiger partial charge in [-0.25, -0.2) is 4.39 Å². The van der Waals surface area contributed by atoms with Crippen molar-refractivity contribution in [3.05, 3.63) is 59.4 Å². The van der Waals surface area contributed by atoms with Crippen LogP contribution in [0.1, 0.15) is 0 Å². The van der Waals surface area contributed by atoms with Crippen molar-refractivity contribution < 1.29 is 13.4 Å². The number of carbonyl (C=O) groups excluding carboxylic acids is 1. The summed E-state index contributed by atoms with van der Waals surface area (Å²) in [6.07, 6.45) is 0. The summed E-state index contributed by atoms with van der Waals surface area (Å²) < 4.78 is 25.4. The fourth-order valence-electron chi connectivity index (χ4n) is 1.58. The summed E-state index contributed by atoms with van der Waals surface area (Å²) >= 11 is 5.90. The molecule has 2 aromatic carbocycles. The van der Waals surface area contributed by atoms with Gasteiger partial charge in [0, 0.05) is 0 Å². The summed E-state index contributed by atoms with van der Waals surface area (Å²) in [6, 6.07) is 12.4. The Kier molecular flexibility index (Phi) is 4.87. The molecular weight excluding hydrogens is 301 g/mol. The molecule has 0 aliphatic carbocycles. The average molecular weight is 312 g/mol. The fraction of sp³-hybridized carbons (Fsp3) is 0.0714. The van der Waals surface area contributed by atoms with E-state index >= 15 is 0 Å². The van der Waals surface area contributed by atoms with Gasteiger partial charge in [-0.15, -0.1) is 0 Å². The molecule has 0 radical (unpaired) electrons. The number of benzene rings is 2. The lowest BCUT2D eigenvalue weighted by molar-refractivity contribution is -0.113. The maximum atomic E-state index is 13.4. The largest absolute Gasteiger partial charge is 0.324 e. The number of halogens is 2. The third-order valence-corrected chi connectivity index (χ3v) is 4.17. The molecule has 104 valence electrons. The van der Waals surface area contributed by atoms with Crippen LogP contribution in [0.5, 0.6) is 0 Å². The van der Waals surface area contributed by atoms with Gasteiger partial charge < -0.3 is 5.32 Å². The molecule has 1 N–H and O–H groups in total. The highest BCUT2D eigenvalue weighted by Crippen LogP contribution is 2.20. The smallest absolute Gasteiger partial charge is 0.237 e. The van der Waals surface area contributed by atoms with Gasteiger partial charge in [0.1, 0.15) is 11.6 Å². The topological polar surface area (TPSA) is 46.2 Å². The highest BCUT2D eigenvalue weighted by atomic mass is 35.5.